The molecule has 2 N–H and O–H groups in total. The Labute approximate surface area is 99.0 Å². The Hall–Kier alpha value is -0.420. The summed E-state index contributed by atoms with van der Waals surface area (Å²) in [5.74, 6) is 1.88. The first kappa shape index (κ1) is 12.0. The Morgan fingerprint density at radius 1 is 1.50 bits per heavy atom. The van der Waals surface area contributed by atoms with Crippen LogP contribution in [0.3, 0.4) is 0 Å². The normalized spacial score (nSPS) is 34.7. The molecule has 92 valence electrons. The SMILES string of the molecule is CS(=O)CCNC(=O)C1NCC2CCCC21. The van der Waals surface area contributed by atoms with E-state index in [1.807, 2.05) is 0 Å². The van der Waals surface area contributed by atoms with Gasteiger partial charge in [0.25, 0.3) is 0 Å². The average Bonchev–Trinajstić information content (AvgIpc) is 2.76. The molecular weight excluding hydrogens is 224 g/mol. The van der Waals surface area contributed by atoms with Gasteiger partial charge >= 0.3 is 0 Å². The van der Waals surface area contributed by atoms with Gasteiger partial charge in [-0.15, -0.1) is 0 Å². The summed E-state index contributed by atoms with van der Waals surface area (Å²) in [7, 11) is -0.824. The van der Waals surface area contributed by atoms with Crippen molar-refractivity contribution in [2.75, 3.05) is 25.1 Å². The average molecular weight is 244 g/mol. The number of carbonyl (C=O) groups excluding carboxylic acids is 1. The van der Waals surface area contributed by atoms with Crippen molar-refractivity contribution < 1.29 is 9.00 Å². The highest BCUT2D eigenvalue weighted by molar-refractivity contribution is 7.84. The van der Waals surface area contributed by atoms with Gasteiger partial charge in [0, 0.05) is 29.4 Å². The number of fused-ring (bicyclic) bond motifs is 1. The van der Waals surface area contributed by atoms with Crippen LogP contribution in [0.2, 0.25) is 0 Å². The molecule has 5 heteroatoms. The fourth-order valence-electron chi connectivity index (χ4n) is 2.90. The maximum atomic E-state index is 11.9. The summed E-state index contributed by atoms with van der Waals surface area (Å²) >= 11 is 0. The zero-order valence-corrected chi connectivity index (χ0v) is 10.5. The maximum absolute atomic E-state index is 11.9. The van der Waals surface area contributed by atoms with Gasteiger partial charge in [-0.25, -0.2) is 0 Å². The van der Waals surface area contributed by atoms with E-state index in [1.165, 1.54) is 19.3 Å². The van der Waals surface area contributed by atoms with Crippen molar-refractivity contribution in [3.63, 3.8) is 0 Å². The van der Waals surface area contributed by atoms with Crippen molar-refractivity contribution in [2.24, 2.45) is 11.8 Å². The van der Waals surface area contributed by atoms with Gasteiger partial charge in [-0.3, -0.25) is 9.00 Å². The topological polar surface area (TPSA) is 58.2 Å². The smallest absolute Gasteiger partial charge is 0.237 e. The fourth-order valence-corrected chi connectivity index (χ4v) is 3.29. The van der Waals surface area contributed by atoms with E-state index >= 15 is 0 Å². The third kappa shape index (κ3) is 2.63. The number of amides is 1. The van der Waals surface area contributed by atoms with Gasteiger partial charge in [0.05, 0.1) is 6.04 Å². The van der Waals surface area contributed by atoms with E-state index in [0.717, 1.165) is 6.54 Å². The monoisotopic (exact) mass is 244 g/mol. The standard InChI is InChI=1S/C11H20N2O2S/c1-16(15)6-5-12-11(14)10-9-4-2-3-8(9)7-13-10/h8-10,13H,2-7H2,1H3,(H,12,14). The highest BCUT2D eigenvalue weighted by atomic mass is 32.2. The van der Waals surface area contributed by atoms with E-state index in [4.69, 9.17) is 0 Å². The molecule has 0 aromatic heterocycles. The van der Waals surface area contributed by atoms with Crippen LogP contribution in [0, 0.1) is 11.8 Å². The highest BCUT2D eigenvalue weighted by Gasteiger charge is 2.42. The lowest BCUT2D eigenvalue weighted by molar-refractivity contribution is -0.123. The van der Waals surface area contributed by atoms with Crippen molar-refractivity contribution in [1.82, 2.24) is 10.6 Å². The summed E-state index contributed by atoms with van der Waals surface area (Å²) < 4.78 is 10.9. The van der Waals surface area contributed by atoms with Crippen molar-refractivity contribution in [3.8, 4) is 0 Å². The van der Waals surface area contributed by atoms with Crippen LogP contribution in [0.4, 0.5) is 0 Å². The molecule has 1 saturated carbocycles. The number of hydrogen-bond donors (Lipinski definition) is 2. The van der Waals surface area contributed by atoms with Crippen LogP contribution in [0.25, 0.3) is 0 Å². The summed E-state index contributed by atoms with van der Waals surface area (Å²) in [4.78, 5) is 11.9. The van der Waals surface area contributed by atoms with Gasteiger partial charge in [0.15, 0.2) is 0 Å². The van der Waals surface area contributed by atoms with E-state index in [2.05, 4.69) is 10.6 Å². The Morgan fingerprint density at radius 2 is 2.31 bits per heavy atom. The molecule has 2 aliphatic rings. The number of hydrogen-bond acceptors (Lipinski definition) is 3. The maximum Gasteiger partial charge on any atom is 0.237 e. The molecule has 1 heterocycles. The first-order chi connectivity index (χ1) is 7.68. The predicted octanol–water partition coefficient (Wildman–Crippen LogP) is -0.131. The summed E-state index contributed by atoms with van der Waals surface area (Å²) in [6, 6.07) is -0.00204. The first-order valence-electron chi connectivity index (χ1n) is 5.99. The molecule has 4 unspecified atom stereocenters. The lowest BCUT2D eigenvalue weighted by Crippen LogP contribution is -2.44. The van der Waals surface area contributed by atoms with Gasteiger partial charge in [0.1, 0.15) is 0 Å². The molecule has 1 amide bonds. The molecule has 16 heavy (non-hydrogen) atoms. The van der Waals surface area contributed by atoms with Crippen molar-refractivity contribution in [3.05, 3.63) is 0 Å². The fraction of sp³-hybridized carbons (Fsp3) is 0.909. The summed E-state index contributed by atoms with van der Waals surface area (Å²) in [6.45, 7) is 1.51. The number of carbonyl (C=O) groups is 1. The van der Waals surface area contributed by atoms with Crippen molar-refractivity contribution in [2.45, 2.75) is 25.3 Å². The molecule has 2 fully saturated rings. The quantitative estimate of drug-likeness (QED) is 0.724. The molecular formula is C11H20N2O2S. The summed E-state index contributed by atoms with van der Waals surface area (Å²) in [5, 5.41) is 6.18. The molecule has 0 spiro atoms. The molecule has 0 aromatic carbocycles. The second-order valence-corrected chi connectivity index (χ2v) is 6.36. The van der Waals surface area contributed by atoms with E-state index in [1.54, 1.807) is 6.26 Å². The molecule has 1 saturated heterocycles. The Balaban J connectivity index is 1.79. The second-order valence-electron chi connectivity index (χ2n) is 4.81. The Bertz CT molecular complexity index is 296. The molecule has 0 aromatic rings. The molecule has 0 bridgehead atoms. The van der Waals surface area contributed by atoms with Crippen LogP contribution in [-0.2, 0) is 15.6 Å². The number of rotatable bonds is 4. The largest absolute Gasteiger partial charge is 0.354 e. The van der Waals surface area contributed by atoms with Gasteiger partial charge < -0.3 is 10.6 Å². The lowest BCUT2D eigenvalue weighted by atomic mass is 9.94. The first-order valence-corrected chi connectivity index (χ1v) is 7.72. The third-order valence-electron chi connectivity index (χ3n) is 3.72. The lowest BCUT2D eigenvalue weighted by Gasteiger charge is -2.17. The predicted molar refractivity (Wildman–Crippen MR) is 64.6 cm³/mol. The minimum Gasteiger partial charge on any atom is -0.354 e. The van der Waals surface area contributed by atoms with Crippen LogP contribution < -0.4 is 10.6 Å². The summed E-state index contributed by atoms with van der Waals surface area (Å²) in [5.41, 5.74) is 0. The van der Waals surface area contributed by atoms with Crippen LogP contribution in [0.15, 0.2) is 0 Å². The van der Waals surface area contributed by atoms with Gasteiger partial charge in [-0.1, -0.05) is 6.42 Å². The van der Waals surface area contributed by atoms with E-state index in [0.29, 0.717) is 24.1 Å². The van der Waals surface area contributed by atoms with Crippen molar-refractivity contribution >= 4 is 16.7 Å². The molecule has 4 atom stereocenters. The van der Waals surface area contributed by atoms with Crippen LogP contribution in [-0.4, -0.2) is 41.3 Å². The molecule has 0 radical (unpaired) electrons. The van der Waals surface area contributed by atoms with Gasteiger partial charge in [-0.2, -0.15) is 0 Å². The van der Waals surface area contributed by atoms with Crippen LogP contribution in [0.1, 0.15) is 19.3 Å². The molecule has 4 nitrogen and oxygen atoms in total. The third-order valence-corrected chi connectivity index (χ3v) is 4.50. The minimum atomic E-state index is -0.824. The van der Waals surface area contributed by atoms with Gasteiger partial charge in [-0.05, 0) is 31.2 Å². The van der Waals surface area contributed by atoms with Crippen LogP contribution >= 0.6 is 0 Å². The van der Waals surface area contributed by atoms with E-state index < -0.39 is 10.8 Å². The summed E-state index contributed by atoms with van der Waals surface area (Å²) in [6.07, 6.45) is 5.36. The molecule has 1 aliphatic heterocycles. The molecule has 2 rings (SSSR count). The van der Waals surface area contributed by atoms with Crippen molar-refractivity contribution in [1.29, 1.82) is 0 Å². The Morgan fingerprint density at radius 3 is 3.06 bits per heavy atom. The second kappa shape index (κ2) is 5.27. The zero-order chi connectivity index (χ0) is 11.5. The van der Waals surface area contributed by atoms with Gasteiger partial charge in [0.2, 0.25) is 5.91 Å². The molecule has 1 aliphatic carbocycles. The van der Waals surface area contributed by atoms with Crippen LogP contribution in [0.5, 0.6) is 0 Å². The number of nitrogens with one attached hydrogen (secondary N) is 2. The minimum absolute atomic E-state index is 0.00204. The van der Waals surface area contributed by atoms with E-state index in [9.17, 15) is 9.00 Å². The highest BCUT2D eigenvalue weighted by Crippen LogP contribution is 2.37. The Kier molecular flexibility index (Phi) is 3.97. The zero-order valence-electron chi connectivity index (χ0n) is 9.70. The van der Waals surface area contributed by atoms with E-state index in [-0.39, 0.29) is 11.9 Å².